The molecule has 100 heavy (non-hydrogen) atoms. The van der Waals surface area contributed by atoms with E-state index < -0.39 is 23.7 Å². The molecule has 0 aromatic heterocycles. The van der Waals surface area contributed by atoms with Crippen molar-refractivity contribution in [3.05, 3.63) is 91.0 Å². The summed E-state index contributed by atoms with van der Waals surface area (Å²) >= 11 is 0. The van der Waals surface area contributed by atoms with E-state index in [1.54, 1.807) is 28.4 Å². The third kappa shape index (κ3) is 25.8. The molecule has 8 bridgehead atoms. The van der Waals surface area contributed by atoms with E-state index in [2.05, 4.69) is 128 Å². The van der Waals surface area contributed by atoms with Crippen molar-refractivity contribution in [1.82, 2.24) is 19.6 Å². The van der Waals surface area contributed by atoms with Gasteiger partial charge in [-0.2, -0.15) is 0 Å². The highest BCUT2D eigenvalue weighted by molar-refractivity contribution is 5.68. The van der Waals surface area contributed by atoms with Crippen LogP contribution >= 0.6 is 0 Å². The van der Waals surface area contributed by atoms with Gasteiger partial charge in [-0.1, -0.05) is 259 Å². The smallest absolute Gasteiger partial charge is 0.130 e. The van der Waals surface area contributed by atoms with Gasteiger partial charge in [0.1, 0.15) is 46.0 Å². The van der Waals surface area contributed by atoms with E-state index in [9.17, 15) is 20.4 Å². The fourth-order valence-corrected chi connectivity index (χ4v) is 16.5. The van der Waals surface area contributed by atoms with Gasteiger partial charge in [0.15, 0.2) is 0 Å². The second kappa shape index (κ2) is 47.5. The van der Waals surface area contributed by atoms with Crippen molar-refractivity contribution in [2.24, 2.45) is 0 Å². The van der Waals surface area contributed by atoms with Crippen LogP contribution < -0.4 is 18.9 Å². The number of ether oxygens (including phenoxy) is 4. The highest BCUT2D eigenvalue weighted by Gasteiger charge is 2.38. The molecule has 0 heterocycles. The van der Waals surface area contributed by atoms with Crippen molar-refractivity contribution in [3.63, 3.8) is 0 Å². The normalized spacial score (nSPS) is 15.5. The Balaban J connectivity index is 2.08. The molecule has 0 aliphatic heterocycles. The summed E-state index contributed by atoms with van der Waals surface area (Å²) < 4.78 is 27.2. The molecule has 4 aromatic carbocycles. The number of hydrogen-bond donors (Lipinski definition) is 4. The molecule has 5 rings (SSSR count). The van der Waals surface area contributed by atoms with Gasteiger partial charge in [-0.3, -0.25) is 0 Å². The molecule has 4 N–H and O–H groups in total. The number of phenolic OH excluding ortho intramolecular Hbond substituents is 4. The van der Waals surface area contributed by atoms with E-state index in [1.165, 1.54) is 154 Å². The zero-order valence-electron chi connectivity index (χ0n) is 66.9. The van der Waals surface area contributed by atoms with Crippen LogP contribution in [0.2, 0.25) is 0 Å². The number of nitrogens with zero attached hydrogens (tertiary/aromatic N) is 4. The summed E-state index contributed by atoms with van der Waals surface area (Å²) in [6, 6.07) is 9.08. The largest absolute Gasteiger partial charge is 0.507 e. The summed E-state index contributed by atoms with van der Waals surface area (Å²) in [7, 11) is 23.5. The summed E-state index contributed by atoms with van der Waals surface area (Å²) in [5, 5.41) is 54.8. The third-order valence-corrected chi connectivity index (χ3v) is 21.7. The molecule has 1 aliphatic carbocycles. The van der Waals surface area contributed by atoms with Crippen LogP contribution in [0, 0.1) is 0 Å². The summed E-state index contributed by atoms with van der Waals surface area (Å²) in [5.74, 6) is 1.79. The predicted octanol–water partition coefficient (Wildman–Crippen LogP) is 23.3. The molecule has 0 radical (unpaired) electrons. The fourth-order valence-electron chi connectivity index (χ4n) is 16.5. The molecular formula is C88H148N4O8. The van der Waals surface area contributed by atoms with Crippen LogP contribution in [0.25, 0.3) is 0 Å². The van der Waals surface area contributed by atoms with E-state index in [1.807, 2.05) is 0 Å². The molecule has 0 spiro atoms. The Bertz CT molecular complexity index is 2550. The van der Waals surface area contributed by atoms with Crippen LogP contribution in [0.5, 0.6) is 46.0 Å². The average Bonchev–Trinajstić information content (AvgIpc) is 0.738. The van der Waals surface area contributed by atoms with Gasteiger partial charge >= 0.3 is 0 Å². The lowest BCUT2D eigenvalue weighted by Gasteiger charge is -2.34. The zero-order valence-corrected chi connectivity index (χ0v) is 66.9. The Morgan fingerprint density at radius 3 is 0.530 bits per heavy atom. The Morgan fingerprint density at radius 1 is 0.240 bits per heavy atom. The molecule has 0 fully saturated rings. The minimum absolute atomic E-state index is 0.211. The molecule has 12 heteroatoms. The number of unbranched alkanes of at least 4 members (excludes halogenated alkanes) is 32. The molecule has 0 saturated heterocycles. The van der Waals surface area contributed by atoms with E-state index >= 15 is 0 Å². The molecule has 4 atom stereocenters. The van der Waals surface area contributed by atoms with Gasteiger partial charge in [0, 0.05) is 94.4 Å². The van der Waals surface area contributed by atoms with Crippen molar-refractivity contribution in [2.45, 2.75) is 334 Å². The van der Waals surface area contributed by atoms with Gasteiger partial charge < -0.3 is 59.0 Å². The minimum atomic E-state index is -0.397. The fraction of sp³-hybridized carbons (Fsp3) is 0.727. The second-order valence-corrected chi connectivity index (χ2v) is 31.3. The van der Waals surface area contributed by atoms with Gasteiger partial charge in [0.05, 0.1) is 50.7 Å². The standard InChI is InChI=1S/C88H148N4O8/c1-17-21-25-29-33-37-41-45-49-53-65-69-57-74(86(98-14)77(81(69)93)61-89(5)6)67(55-51-47-43-39-35-31-27-23-19-3)71-59-76(88(100-16)79(83(71)95)63-91(9)10)68(56-52-48-44-40-36-32-28-24-20-4)72-60-75(87(99-15)80(84(72)96)64-92(11)12)66(54-50-46-42-38-34-30-26-22-18-2)70-58-73(65)85(97-13)78(82(70)94)62-90(7)8/h57-60,65-68,93-96H,17-56,61-64H2,1-16H3/t65-,66-,67-,68-/m1/s1. The maximum absolute atomic E-state index is 13.7. The van der Waals surface area contributed by atoms with E-state index in [-0.39, 0.29) is 23.0 Å². The summed E-state index contributed by atoms with van der Waals surface area (Å²) in [4.78, 5) is 8.50. The van der Waals surface area contributed by atoms with Crippen molar-refractivity contribution in [1.29, 1.82) is 0 Å². The average molecular weight is 1390 g/mol. The molecule has 568 valence electrons. The van der Waals surface area contributed by atoms with Crippen LogP contribution in [0.1, 0.15) is 375 Å². The van der Waals surface area contributed by atoms with Gasteiger partial charge in [0.25, 0.3) is 0 Å². The number of rotatable bonds is 52. The van der Waals surface area contributed by atoms with Gasteiger partial charge in [-0.15, -0.1) is 0 Å². The SMILES string of the molecule is CCCCCCCCCCC[C@@H]1c2cc(c(OC)c(CN(C)C)c2O)[C@H](CCCCCCCCCCC)c2cc(c(OC)c(CN(C)C)c2O)[C@H](CCCCCCCCCCC)c2cc(c(OC)c(CN(C)C)c2O)[C@H](CCCCCCCCCCC)c2cc1c(OC)c(CN(C)C)c2O. The number of fused-ring (bicyclic) bond motifs is 8. The quantitative estimate of drug-likeness (QED) is 0.0314. The van der Waals surface area contributed by atoms with Crippen LogP contribution in [0.3, 0.4) is 0 Å². The maximum atomic E-state index is 13.7. The molecule has 0 amide bonds. The highest BCUT2D eigenvalue weighted by atomic mass is 16.5. The lowest BCUT2D eigenvalue weighted by Crippen LogP contribution is -2.19. The van der Waals surface area contributed by atoms with Crippen LogP contribution in [-0.2, 0) is 26.2 Å². The van der Waals surface area contributed by atoms with Crippen LogP contribution in [-0.4, -0.2) is 125 Å². The Kier molecular flexibility index (Phi) is 40.7. The van der Waals surface area contributed by atoms with E-state index in [4.69, 9.17) is 18.9 Å². The topological polar surface area (TPSA) is 131 Å². The highest BCUT2D eigenvalue weighted by Crippen LogP contribution is 2.57. The number of aromatic hydroxyl groups is 4. The molecule has 12 nitrogen and oxygen atoms in total. The minimum Gasteiger partial charge on any atom is -0.507 e. The number of hydrogen-bond acceptors (Lipinski definition) is 12. The molecule has 0 saturated carbocycles. The van der Waals surface area contributed by atoms with Crippen molar-refractivity contribution in [2.75, 3.05) is 84.8 Å². The monoisotopic (exact) mass is 1390 g/mol. The Morgan fingerprint density at radius 2 is 0.390 bits per heavy atom. The Hall–Kier alpha value is -4.88. The van der Waals surface area contributed by atoms with E-state index in [0.29, 0.717) is 71.4 Å². The first-order valence-corrected chi connectivity index (χ1v) is 40.7. The number of phenols is 4. The zero-order chi connectivity index (χ0) is 72.9. The Labute approximate surface area is 612 Å². The van der Waals surface area contributed by atoms with Crippen molar-refractivity contribution < 1.29 is 39.4 Å². The van der Waals surface area contributed by atoms with Crippen LogP contribution in [0.4, 0.5) is 0 Å². The number of methoxy groups -OCH3 is 4. The van der Waals surface area contributed by atoms with Crippen molar-refractivity contribution >= 4 is 0 Å². The lowest BCUT2D eigenvalue weighted by atomic mass is 9.74. The molecular weight excluding hydrogens is 1240 g/mol. The second-order valence-electron chi connectivity index (χ2n) is 31.3. The lowest BCUT2D eigenvalue weighted by molar-refractivity contribution is 0.343. The summed E-state index contributed by atoms with van der Waals surface area (Å²) in [6.07, 6.45) is 45.2. The van der Waals surface area contributed by atoms with Gasteiger partial charge in [0.2, 0.25) is 0 Å². The van der Waals surface area contributed by atoms with Crippen LogP contribution in [0.15, 0.2) is 24.3 Å². The maximum Gasteiger partial charge on any atom is 0.130 e. The van der Waals surface area contributed by atoms with Crippen molar-refractivity contribution in [3.8, 4) is 46.0 Å². The first kappa shape index (κ1) is 85.8. The predicted molar refractivity (Wildman–Crippen MR) is 423 cm³/mol. The van der Waals surface area contributed by atoms with Gasteiger partial charge in [-0.05, 0) is 106 Å². The summed E-state index contributed by atoms with van der Waals surface area (Å²) in [6.45, 7) is 10.8. The molecule has 0 unspecified atom stereocenters. The number of benzene rings is 4. The van der Waals surface area contributed by atoms with Gasteiger partial charge in [-0.25, -0.2) is 0 Å². The molecule has 1 aliphatic rings. The first-order valence-electron chi connectivity index (χ1n) is 40.7. The first-order chi connectivity index (χ1) is 48.4. The summed E-state index contributed by atoms with van der Waals surface area (Å²) in [5.41, 5.74) is 9.83. The molecule has 4 aromatic rings. The van der Waals surface area contributed by atoms with E-state index in [0.717, 1.165) is 147 Å². The third-order valence-electron chi connectivity index (χ3n) is 21.7.